The van der Waals surface area contributed by atoms with Gasteiger partial charge in [0.1, 0.15) is 0 Å². The van der Waals surface area contributed by atoms with Gasteiger partial charge < -0.3 is 29.5 Å². The molecule has 0 amide bonds. The zero-order valence-corrected chi connectivity index (χ0v) is 23.7. The maximum absolute atomic E-state index is 10.5. The minimum Gasteiger partial charge on any atom is -0.504 e. The largest absolute Gasteiger partial charge is 0.504 e. The van der Waals surface area contributed by atoms with Gasteiger partial charge in [-0.05, 0) is 33.8 Å². The topological polar surface area (TPSA) is 133 Å². The van der Waals surface area contributed by atoms with Crippen LogP contribution in [0.4, 0.5) is 0 Å². The molecular formula is C24H35N9O4P+. The Morgan fingerprint density at radius 2 is 1.13 bits per heavy atom. The Bertz CT molecular complexity index is 1170. The number of aromatic hydroxyl groups is 2. The van der Waals surface area contributed by atoms with Crippen LogP contribution in [0, 0.1) is 0 Å². The molecule has 3 N–H and O–H groups in total. The van der Waals surface area contributed by atoms with Gasteiger partial charge in [0.15, 0.2) is 23.0 Å². The van der Waals surface area contributed by atoms with E-state index < -0.39 is 7.87 Å². The van der Waals surface area contributed by atoms with Crippen molar-refractivity contribution in [2.24, 2.45) is 19.7 Å². The Morgan fingerprint density at radius 3 is 1.47 bits per heavy atom. The molecule has 14 heteroatoms. The van der Waals surface area contributed by atoms with Gasteiger partial charge in [0.05, 0.1) is 40.7 Å². The van der Waals surface area contributed by atoms with E-state index in [1.807, 2.05) is 38.0 Å². The Hall–Kier alpha value is -4.25. The molecule has 2 aromatic carbocycles. The maximum Gasteiger partial charge on any atom is 0.488 e. The van der Waals surface area contributed by atoms with Gasteiger partial charge in [-0.1, -0.05) is 12.1 Å². The number of nitrogens with zero attached hydrogens (tertiary/aromatic N) is 8. The summed E-state index contributed by atoms with van der Waals surface area (Å²) in [6, 6.07) is 10.3. The second-order valence-electron chi connectivity index (χ2n) is 8.56. The molecule has 0 aromatic heterocycles. The normalized spacial score (nSPS) is 14.5. The lowest BCUT2D eigenvalue weighted by molar-refractivity contribution is 0.373. The number of phenols is 2. The van der Waals surface area contributed by atoms with Crippen molar-refractivity contribution in [2.75, 3.05) is 56.5 Å². The summed E-state index contributed by atoms with van der Waals surface area (Å²) in [4.78, 5) is 3.67. The summed E-state index contributed by atoms with van der Waals surface area (Å²) in [5.74, 6) is 1.75. The summed E-state index contributed by atoms with van der Waals surface area (Å²) >= 11 is 0. The third-order valence-corrected chi connectivity index (χ3v) is 8.21. The minimum absolute atomic E-state index is 0.0281. The van der Waals surface area contributed by atoms with Crippen LogP contribution in [0.5, 0.6) is 23.0 Å². The fraction of sp³-hybridized carbons (Fsp3) is 0.333. The summed E-state index contributed by atoms with van der Waals surface area (Å²) in [7, 11) is 10.9. The molecule has 2 aromatic rings. The third-order valence-electron chi connectivity index (χ3n) is 5.53. The number of hydrogen-bond acceptors (Lipinski definition) is 13. The highest BCUT2D eigenvalue weighted by atomic mass is 31.2. The molecule has 3 rings (SSSR count). The summed E-state index contributed by atoms with van der Waals surface area (Å²) in [6.45, 7) is 0. The molecule has 0 radical (unpaired) electrons. The molecule has 0 saturated carbocycles. The van der Waals surface area contributed by atoms with Gasteiger partial charge >= 0.3 is 7.87 Å². The maximum atomic E-state index is 10.5. The average Bonchev–Trinajstić information content (AvgIpc) is 2.91. The second-order valence-corrected chi connectivity index (χ2v) is 11.2. The number of guanidine groups is 2. The molecule has 13 nitrogen and oxygen atoms in total. The molecule has 1 heterocycles. The van der Waals surface area contributed by atoms with Gasteiger partial charge in [0.2, 0.25) is 11.9 Å². The molecule has 0 atom stereocenters. The predicted molar refractivity (Wildman–Crippen MR) is 152 cm³/mol. The van der Waals surface area contributed by atoms with E-state index >= 15 is 0 Å². The van der Waals surface area contributed by atoms with Crippen molar-refractivity contribution in [1.29, 1.82) is 0 Å². The molecule has 0 saturated heterocycles. The smallest absolute Gasteiger partial charge is 0.488 e. The number of benzene rings is 2. The lowest BCUT2D eigenvalue weighted by Crippen LogP contribution is -2.49. The quantitative estimate of drug-likeness (QED) is 0.260. The van der Waals surface area contributed by atoms with Crippen molar-refractivity contribution in [3.05, 3.63) is 47.5 Å². The van der Waals surface area contributed by atoms with Crippen molar-refractivity contribution >= 4 is 32.2 Å². The summed E-state index contributed by atoms with van der Waals surface area (Å²) in [6.07, 6.45) is 3.03. The van der Waals surface area contributed by atoms with E-state index in [-0.39, 0.29) is 11.5 Å². The third kappa shape index (κ3) is 5.83. The van der Waals surface area contributed by atoms with E-state index in [1.54, 1.807) is 60.1 Å². The van der Waals surface area contributed by atoms with E-state index in [1.165, 1.54) is 26.6 Å². The fourth-order valence-corrected chi connectivity index (χ4v) is 5.61. The average molecular weight is 545 g/mol. The van der Waals surface area contributed by atoms with Crippen LogP contribution in [0.25, 0.3) is 0 Å². The summed E-state index contributed by atoms with van der Waals surface area (Å²) in [5, 5.41) is 33.5. The van der Waals surface area contributed by atoms with Crippen LogP contribution in [-0.2, 0) is 0 Å². The molecule has 0 bridgehead atoms. The summed E-state index contributed by atoms with van der Waals surface area (Å²) in [5.41, 5.74) is 0.927. The van der Waals surface area contributed by atoms with Crippen LogP contribution in [-0.4, -0.2) is 110 Å². The second kappa shape index (κ2) is 11.9. The van der Waals surface area contributed by atoms with E-state index in [4.69, 9.17) is 19.0 Å². The van der Waals surface area contributed by atoms with Gasteiger partial charge in [-0.25, -0.2) is 0 Å². The van der Waals surface area contributed by atoms with Crippen LogP contribution in [0.3, 0.4) is 0 Å². The highest BCUT2D eigenvalue weighted by molar-refractivity contribution is 7.69. The van der Waals surface area contributed by atoms with Gasteiger partial charge in [0.25, 0.3) is 0 Å². The van der Waals surface area contributed by atoms with Crippen molar-refractivity contribution in [1.82, 2.24) is 24.7 Å². The zero-order valence-electron chi connectivity index (χ0n) is 22.9. The molecule has 1 aliphatic heterocycles. The first-order valence-corrected chi connectivity index (χ1v) is 13.1. The Balaban J connectivity index is 2.11. The Morgan fingerprint density at radius 1 is 0.737 bits per heavy atom. The molecule has 1 aliphatic rings. The zero-order chi connectivity index (χ0) is 28.0. The number of phenolic OH excluding ortho intramolecular Hbond substituents is 2. The molecule has 0 unspecified atom stereocenters. The van der Waals surface area contributed by atoms with Gasteiger partial charge in [-0.2, -0.15) is 0 Å². The molecule has 0 aliphatic carbocycles. The number of hydrogen-bond donors (Lipinski definition) is 3. The van der Waals surface area contributed by atoms with Gasteiger partial charge in [0, 0.05) is 39.3 Å². The van der Waals surface area contributed by atoms with E-state index in [0.29, 0.717) is 34.5 Å². The number of ether oxygens (including phenoxy) is 2. The number of hydrazone groups is 2. The Labute approximate surface area is 223 Å². The first-order chi connectivity index (χ1) is 18.0. The molecule has 38 heavy (non-hydrogen) atoms. The van der Waals surface area contributed by atoms with Crippen LogP contribution in [0.2, 0.25) is 0 Å². The lowest BCUT2D eigenvalue weighted by atomic mass is 10.2. The molecular weight excluding hydrogens is 509 g/mol. The Kier molecular flexibility index (Phi) is 8.84. The monoisotopic (exact) mass is 544 g/mol. The van der Waals surface area contributed by atoms with Crippen LogP contribution < -0.4 is 14.8 Å². The van der Waals surface area contributed by atoms with Gasteiger partial charge in [-0.3, -0.25) is 5.32 Å². The fourth-order valence-electron chi connectivity index (χ4n) is 3.32. The molecule has 204 valence electrons. The van der Waals surface area contributed by atoms with E-state index in [9.17, 15) is 10.2 Å². The number of para-hydroxylation sites is 2. The van der Waals surface area contributed by atoms with Crippen LogP contribution in [0.1, 0.15) is 11.1 Å². The van der Waals surface area contributed by atoms with Crippen molar-refractivity contribution in [3.8, 4) is 23.0 Å². The van der Waals surface area contributed by atoms with Crippen molar-refractivity contribution < 1.29 is 19.7 Å². The van der Waals surface area contributed by atoms with Crippen LogP contribution >= 0.6 is 7.87 Å². The highest BCUT2D eigenvalue weighted by Gasteiger charge is 2.55. The standard InChI is InChI=1S/C24H34N9O4P/c1-30(2)23-27-24(31(3)4)29-38(28-23,32(5)25-15-17-11-9-13-19(36-7)21(17)34)33(6)26-16-18-12-10-14-20(37-8)22(18)35/h9-16H,1-8H3,(H2-,25,26,27,28,29,34,35)/p+1. The number of rotatable bonds is 8. The van der Waals surface area contributed by atoms with Crippen molar-refractivity contribution in [2.45, 2.75) is 0 Å². The first-order valence-electron chi connectivity index (χ1n) is 11.5. The highest BCUT2D eigenvalue weighted by Crippen LogP contribution is 2.68. The lowest BCUT2D eigenvalue weighted by Gasteiger charge is -2.33. The predicted octanol–water partition coefficient (Wildman–Crippen LogP) is 2.46. The summed E-state index contributed by atoms with van der Waals surface area (Å²) < 4.78 is 23.6. The minimum atomic E-state index is -3.06. The SMILES string of the molecule is COc1cccc(/C=N/N(C)[P+]2(N(C)/N=C/c3cccc(OC)c3O)N=C(N(C)C)NC(N(C)C)=N2)c1O. The van der Waals surface area contributed by atoms with Crippen LogP contribution in [0.15, 0.2) is 56.1 Å². The van der Waals surface area contributed by atoms with E-state index in [2.05, 4.69) is 15.5 Å². The molecule has 0 fully saturated rings. The number of nitrogens with one attached hydrogen (secondary N) is 1. The van der Waals surface area contributed by atoms with E-state index in [0.717, 1.165) is 0 Å². The number of methoxy groups -OCH3 is 2. The van der Waals surface area contributed by atoms with Crippen molar-refractivity contribution in [3.63, 3.8) is 0 Å². The first kappa shape index (κ1) is 28.3. The van der Waals surface area contributed by atoms with Gasteiger partial charge in [-0.15, -0.1) is 19.8 Å². The molecule has 0 spiro atoms.